The molecule has 0 spiro atoms. The quantitative estimate of drug-likeness (QED) is 0.816. The van der Waals surface area contributed by atoms with Crippen molar-refractivity contribution in [3.63, 3.8) is 0 Å². The van der Waals surface area contributed by atoms with E-state index in [0.717, 1.165) is 25.7 Å². The molecule has 0 aromatic carbocycles. The van der Waals surface area contributed by atoms with Crippen molar-refractivity contribution < 1.29 is 14.1 Å². The number of hydrogen-bond acceptors (Lipinski definition) is 6. The Hall–Kier alpha value is -1.43. The molecular formula is C12H19N3O3. The number of carbonyl (C=O) groups excluding carboxylic acids is 1. The monoisotopic (exact) mass is 253 g/mol. The average Bonchev–Trinajstić information content (AvgIpc) is 2.90. The molecule has 2 N–H and O–H groups in total. The Labute approximate surface area is 106 Å². The third kappa shape index (κ3) is 2.38. The lowest BCUT2D eigenvalue weighted by molar-refractivity contribution is 0.0508. The first-order valence-electron chi connectivity index (χ1n) is 6.43. The molecule has 0 unspecified atom stereocenters. The molecule has 0 saturated heterocycles. The van der Waals surface area contributed by atoms with Crippen molar-refractivity contribution in [2.45, 2.75) is 44.4 Å². The number of nitrogens with zero attached hydrogens (tertiary/aromatic N) is 2. The molecule has 0 atom stereocenters. The van der Waals surface area contributed by atoms with Gasteiger partial charge in [-0.05, 0) is 24.9 Å². The zero-order valence-electron chi connectivity index (χ0n) is 10.6. The molecule has 18 heavy (non-hydrogen) atoms. The Morgan fingerprint density at radius 1 is 1.44 bits per heavy atom. The Bertz CT molecular complexity index is 410. The van der Waals surface area contributed by atoms with Crippen molar-refractivity contribution in [3.05, 3.63) is 11.7 Å². The van der Waals surface area contributed by atoms with Gasteiger partial charge < -0.3 is 15.0 Å². The summed E-state index contributed by atoms with van der Waals surface area (Å²) in [5.41, 5.74) is 5.62. The summed E-state index contributed by atoms with van der Waals surface area (Å²) in [7, 11) is 0. The van der Waals surface area contributed by atoms with E-state index in [-0.39, 0.29) is 11.2 Å². The van der Waals surface area contributed by atoms with E-state index in [4.69, 9.17) is 15.0 Å². The van der Waals surface area contributed by atoms with Gasteiger partial charge in [0.25, 0.3) is 5.82 Å². The molecule has 0 aliphatic heterocycles. The van der Waals surface area contributed by atoms with Crippen molar-refractivity contribution in [1.29, 1.82) is 0 Å². The number of aromatic nitrogens is 2. The number of hydrogen-bond donors (Lipinski definition) is 1. The molecule has 0 bridgehead atoms. The van der Waals surface area contributed by atoms with Crippen LogP contribution in [0.2, 0.25) is 0 Å². The predicted molar refractivity (Wildman–Crippen MR) is 64.1 cm³/mol. The van der Waals surface area contributed by atoms with Crippen LogP contribution in [0.5, 0.6) is 0 Å². The molecule has 1 aliphatic rings. The van der Waals surface area contributed by atoms with Gasteiger partial charge in [0.2, 0.25) is 5.89 Å². The molecule has 0 radical (unpaired) electrons. The van der Waals surface area contributed by atoms with Gasteiger partial charge in [0.1, 0.15) is 0 Å². The highest BCUT2D eigenvalue weighted by Crippen LogP contribution is 2.37. The van der Waals surface area contributed by atoms with Gasteiger partial charge in [-0.15, -0.1) is 0 Å². The highest BCUT2D eigenvalue weighted by molar-refractivity contribution is 5.84. The van der Waals surface area contributed by atoms with Crippen LogP contribution in [-0.2, 0) is 10.2 Å². The first-order valence-corrected chi connectivity index (χ1v) is 6.43. The number of ether oxygens (including phenoxy) is 1. The number of esters is 1. The lowest BCUT2D eigenvalue weighted by atomic mass is 9.74. The molecule has 2 rings (SSSR count). The number of carbonyl (C=O) groups is 1. The highest BCUT2D eigenvalue weighted by atomic mass is 16.5. The van der Waals surface area contributed by atoms with Gasteiger partial charge in [0.05, 0.1) is 12.0 Å². The first kappa shape index (κ1) is 13.0. The van der Waals surface area contributed by atoms with Gasteiger partial charge in [-0.2, -0.15) is 4.98 Å². The molecule has 6 nitrogen and oxygen atoms in total. The molecule has 1 fully saturated rings. The van der Waals surface area contributed by atoms with Crippen LogP contribution in [0.1, 0.15) is 55.5 Å². The van der Waals surface area contributed by atoms with Crippen molar-refractivity contribution in [1.82, 2.24) is 10.1 Å². The lowest BCUT2D eigenvalue weighted by Gasteiger charge is -2.32. The molecule has 6 heteroatoms. The molecule has 1 saturated carbocycles. The fraction of sp³-hybridized carbons (Fsp3) is 0.750. The van der Waals surface area contributed by atoms with Crippen molar-refractivity contribution in [3.8, 4) is 0 Å². The molecule has 0 amide bonds. The summed E-state index contributed by atoms with van der Waals surface area (Å²) in [4.78, 5) is 15.7. The van der Waals surface area contributed by atoms with Crippen LogP contribution in [-0.4, -0.2) is 29.3 Å². The van der Waals surface area contributed by atoms with Gasteiger partial charge in [-0.25, -0.2) is 4.79 Å². The van der Waals surface area contributed by atoms with Gasteiger partial charge in [-0.1, -0.05) is 19.3 Å². The van der Waals surface area contributed by atoms with Gasteiger partial charge in [-0.3, -0.25) is 0 Å². The minimum Gasteiger partial charge on any atom is -0.460 e. The molecule has 1 aliphatic carbocycles. The van der Waals surface area contributed by atoms with Crippen LogP contribution in [0.25, 0.3) is 0 Å². The van der Waals surface area contributed by atoms with Crippen LogP contribution in [0.15, 0.2) is 4.52 Å². The second kappa shape index (κ2) is 5.48. The Kier molecular flexibility index (Phi) is 3.96. The third-order valence-electron chi connectivity index (χ3n) is 3.54. The summed E-state index contributed by atoms with van der Waals surface area (Å²) in [5.74, 6) is -0.0755. The largest absolute Gasteiger partial charge is 0.460 e. The van der Waals surface area contributed by atoms with E-state index in [0.29, 0.717) is 19.0 Å². The maximum Gasteiger partial charge on any atom is 0.379 e. The smallest absolute Gasteiger partial charge is 0.379 e. The van der Waals surface area contributed by atoms with Gasteiger partial charge >= 0.3 is 5.97 Å². The maximum atomic E-state index is 11.5. The van der Waals surface area contributed by atoms with E-state index in [1.54, 1.807) is 6.92 Å². The maximum absolute atomic E-state index is 11.5. The predicted octanol–water partition coefficient (Wildman–Crippen LogP) is 1.41. The summed E-state index contributed by atoms with van der Waals surface area (Å²) < 4.78 is 10.1. The number of rotatable bonds is 4. The second-order valence-electron chi connectivity index (χ2n) is 4.69. The summed E-state index contributed by atoms with van der Waals surface area (Å²) >= 11 is 0. The third-order valence-corrected chi connectivity index (χ3v) is 3.54. The van der Waals surface area contributed by atoms with E-state index in [2.05, 4.69) is 10.1 Å². The minimum absolute atomic E-state index is 0.00903. The summed E-state index contributed by atoms with van der Waals surface area (Å²) in [6.07, 6.45) is 5.30. The van der Waals surface area contributed by atoms with Gasteiger partial charge in [0.15, 0.2) is 0 Å². The van der Waals surface area contributed by atoms with Crippen LogP contribution in [0.3, 0.4) is 0 Å². The second-order valence-corrected chi connectivity index (χ2v) is 4.69. The highest BCUT2D eigenvalue weighted by Gasteiger charge is 2.38. The average molecular weight is 253 g/mol. The lowest BCUT2D eigenvalue weighted by Crippen LogP contribution is -2.37. The summed E-state index contributed by atoms with van der Waals surface area (Å²) in [6, 6.07) is 0. The molecule has 1 aromatic heterocycles. The van der Waals surface area contributed by atoms with Gasteiger partial charge in [0, 0.05) is 6.54 Å². The van der Waals surface area contributed by atoms with Crippen LogP contribution in [0.4, 0.5) is 0 Å². The zero-order chi connectivity index (χ0) is 13.0. The van der Waals surface area contributed by atoms with Crippen LogP contribution >= 0.6 is 0 Å². The Morgan fingerprint density at radius 2 is 2.17 bits per heavy atom. The Morgan fingerprint density at radius 3 is 2.78 bits per heavy atom. The molecule has 100 valence electrons. The SMILES string of the molecule is CCOC(=O)c1noc(C2(CN)CCCCC2)n1. The molecule has 1 heterocycles. The fourth-order valence-electron chi connectivity index (χ4n) is 2.45. The first-order chi connectivity index (χ1) is 8.72. The number of nitrogens with two attached hydrogens (primary N) is 1. The fourth-order valence-corrected chi connectivity index (χ4v) is 2.45. The standard InChI is InChI=1S/C12H19N3O3/c1-2-17-10(16)9-14-11(18-15-9)12(8-13)6-4-3-5-7-12/h2-8,13H2,1H3. The van der Waals surface area contributed by atoms with Crippen molar-refractivity contribution in [2.75, 3.05) is 13.2 Å². The summed E-state index contributed by atoms with van der Waals surface area (Å²) in [6.45, 7) is 2.50. The van der Waals surface area contributed by atoms with E-state index in [1.165, 1.54) is 6.42 Å². The normalized spacial score (nSPS) is 18.6. The zero-order valence-corrected chi connectivity index (χ0v) is 10.6. The Balaban J connectivity index is 2.19. The molecular weight excluding hydrogens is 234 g/mol. The van der Waals surface area contributed by atoms with Crippen molar-refractivity contribution >= 4 is 5.97 Å². The molecule has 1 aromatic rings. The van der Waals surface area contributed by atoms with Crippen molar-refractivity contribution in [2.24, 2.45) is 5.73 Å². The van der Waals surface area contributed by atoms with E-state index < -0.39 is 5.97 Å². The van der Waals surface area contributed by atoms with Crippen LogP contribution < -0.4 is 5.73 Å². The minimum atomic E-state index is -0.546. The van der Waals surface area contributed by atoms with E-state index in [1.807, 2.05) is 0 Å². The van der Waals surface area contributed by atoms with E-state index >= 15 is 0 Å². The topological polar surface area (TPSA) is 91.2 Å². The van der Waals surface area contributed by atoms with Crippen LogP contribution in [0, 0.1) is 0 Å². The van der Waals surface area contributed by atoms with E-state index in [9.17, 15) is 4.79 Å². The summed E-state index contributed by atoms with van der Waals surface area (Å²) in [5, 5.41) is 3.69.